The normalized spacial score (nSPS) is 10.3. The highest BCUT2D eigenvalue weighted by atomic mass is 16.5. The third-order valence-electron chi connectivity index (χ3n) is 3.30. The van der Waals surface area contributed by atoms with E-state index < -0.39 is 5.97 Å². The van der Waals surface area contributed by atoms with Gasteiger partial charge in [0.05, 0.1) is 13.7 Å². The molecule has 2 aromatic rings. The Balaban J connectivity index is 2.08. The molecule has 0 aliphatic carbocycles. The molecule has 1 amide bonds. The monoisotopic (exact) mass is 302 g/mol. The largest absolute Gasteiger partial charge is 0.465 e. The molecule has 6 nitrogen and oxygen atoms in total. The molecule has 2 rings (SSSR count). The number of nitrogens with one attached hydrogen (secondary N) is 1. The average molecular weight is 302 g/mol. The molecule has 0 saturated carbocycles. The number of nitrogens with two attached hydrogens (primary N) is 1. The molecule has 0 radical (unpaired) electrons. The van der Waals surface area contributed by atoms with Gasteiger partial charge >= 0.3 is 5.97 Å². The number of benzene rings is 1. The van der Waals surface area contributed by atoms with Crippen LogP contribution < -0.4 is 11.1 Å². The van der Waals surface area contributed by atoms with E-state index in [4.69, 9.17) is 10.2 Å². The van der Waals surface area contributed by atoms with Gasteiger partial charge in [0, 0.05) is 11.3 Å². The second-order valence-corrected chi connectivity index (χ2v) is 4.93. The van der Waals surface area contributed by atoms with Gasteiger partial charge in [0.15, 0.2) is 0 Å². The molecule has 0 aliphatic heterocycles. The summed E-state index contributed by atoms with van der Waals surface area (Å²) >= 11 is 0. The molecule has 1 heterocycles. The highest BCUT2D eigenvalue weighted by Crippen LogP contribution is 2.16. The van der Waals surface area contributed by atoms with Crippen LogP contribution >= 0.6 is 0 Å². The highest BCUT2D eigenvalue weighted by molar-refractivity contribution is 5.96. The molecule has 0 bridgehead atoms. The zero-order chi connectivity index (χ0) is 16.3. The summed E-state index contributed by atoms with van der Waals surface area (Å²) in [7, 11) is 1.30. The van der Waals surface area contributed by atoms with E-state index in [-0.39, 0.29) is 12.5 Å². The maximum atomic E-state index is 12.2. The average Bonchev–Trinajstić information content (AvgIpc) is 2.87. The summed E-state index contributed by atoms with van der Waals surface area (Å²) < 4.78 is 10.1. The number of hydrogen-bond acceptors (Lipinski definition) is 5. The first-order valence-corrected chi connectivity index (χ1v) is 6.74. The number of amides is 1. The van der Waals surface area contributed by atoms with E-state index in [1.54, 1.807) is 31.2 Å². The standard InChI is InChI=1S/C16H18N2O4/c1-9-4-5-11(17)6-13(9)15(19)18-8-12-7-14(10(2)22-12)16(20)21-3/h4-7H,8,17H2,1-3H3,(H,18,19). The fourth-order valence-corrected chi connectivity index (χ4v) is 2.09. The lowest BCUT2D eigenvalue weighted by Crippen LogP contribution is -2.23. The molecule has 0 saturated heterocycles. The number of methoxy groups -OCH3 is 1. The second-order valence-electron chi connectivity index (χ2n) is 4.93. The van der Waals surface area contributed by atoms with Gasteiger partial charge in [-0.25, -0.2) is 4.79 Å². The summed E-state index contributed by atoms with van der Waals surface area (Å²) in [5, 5.41) is 2.74. The van der Waals surface area contributed by atoms with E-state index in [0.717, 1.165) is 5.56 Å². The first-order chi connectivity index (χ1) is 10.4. The van der Waals surface area contributed by atoms with Gasteiger partial charge in [0.1, 0.15) is 17.1 Å². The van der Waals surface area contributed by atoms with Crippen LogP contribution in [-0.2, 0) is 11.3 Å². The van der Waals surface area contributed by atoms with Gasteiger partial charge in [-0.1, -0.05) is 6.07 Å². The first-order valence-electron chi connectivity index (χ1n) is 6.74. The summed E-state index contributed by atoms with van der Waals surface area (Å²) in [6, 6.07) is 6.72. The molecular weight excluding hydrogens is 284 g/mol. The van der Waals surface area contributed by atoms with Crippen LogP contribution in [0.4, 0.5) is 5.69 Å². The van der Waals surface area contributed by atoms with Crippen LogP contribution in [0.1, 0.15) is 37.8 Å². The number of carbonyl (C=O) groups is 2. The van der Waals surface area contributed by atoms with E-state index in [1.165, 1.54) is 7.11 Å². The van der Waals surface area contributed by atoms with Crippen molar-refractivity contribution >= 4 is 17.6 Å². The predicted octanol–water partition coefficient (Wildman–Crippen LogP) is 2.20. The Bertz CT molecular complexity index is 719. The van der Waals surface area contributed by atoms with Crippen molar-refractivity contribution in [2.24, 2.45) is 0 Å². The van der Waals surface area contributed by atoms with Crippen molar-refractivity contribution in [2.75, 3.05) is 12.8 Å². The third kappa shape index (κ3) is 3.28. The highest BCUT2D eigenvalue weighted by Gasteiger charge is 2.16. The Hall–Kier alpha value is -2.76. The Labute approximate surface area is 128 Å². The second kappa shape index (κ2) is 6.34. The topological polar surface area (TPSA) is 94.6 Å². The number of rotatable bonds is 4. The molecular formula is C16H18N2O4. The zero-order valence-corrected chi connectivity index (χ0v) is 12.7. The quantitative estimate of drug-likeness (QED) is 0.667. The first kappa shape index (κ1) is 15.6. The van der Waals surface area contributed by atoms with Crippen molar-refractivity contribution in [3.8, 4) is 0 Å². The van der Waals surface area contributed by atoms with E-state index in [2.05, 4.69) is 10.1 Å². The van der Waals surface area contributed by atoms with Gasteiger partial charge in [-0.2, -0.15) is 0 Å². The molecule has 1 aromatic heterocycles. The predicted molar refractivity (Wildman–Crippen MR) is 81.5 cm³/mol. The van der Waals surface area contributed by atoms with Crippen molar-refractivity contribution in [3.63, 3.8) is 0 Å². The van der Waals surface area contributed by atoms with Gasteiger partial charge in [0.2, 0.25) is 0 Å². The maximum absolute atomic E-state index is 12.2. The number of furan rings is 1. The van der Waals surface area contributed by atoms with Crippen molar-refractivity contribution in [1.29, 1.82) is 0 Å². The Morgan fingerprint density at radius 1 is 1.23 bits per heavy atom. The number of ether oxygens (including phenoxy) is 1. The molecule has 0 aliphatic rings. The van der Waals surface area contributed by atoms with Gasteiger partial charge in [-0.15, -0.1) is 0 Å². The van der Waals surface area contributed by atoms with Crippen LogP contribution in [0.3, 0.4) is 0 Å². The van der Waals surface area contributed by atoms with Gasteiger partial charge in [-0.05, 0) is 37.6 Å². The van der Waals surface area contributed by atoms with E-state index in [9.17, 15) is 9.59 Å². The molecule has 6 heteroatoms. The Morgan fingerprint density at radius 2 is 1.95 bits per heavy atom. The number of hydrogen-bond donors (Lipinski definition) is 2. The van der Waals surface area contributed by atoms with Crippen LogP contribution in [0.2, 0.25) is 0 Å². The lowest BCUT2D eigenvalue weighted by Gasteiger charge is -2.07. The fraction of sp³-hybridized carbons (Fsp3) is 0.250. The summed E-state index contributed by atoms with van der Waals surface area (Å²) in [6.07, 6.45) is 0. The van der Waals surface area contributed by atoms with E-state index in [0.29, 0.717) is 28.3 Å². The summed E-state index contributed by atoms with van der Waals surface area (Å²) in [6.45, 7) is 3.67. The minimum Gasteiger partial charge on any atom is -0.465 e. The fourth-order valence-electron chi connectivity index (χ4n) is 2.09. The number of anilines is 1. The number of carbonyl (C=O) groups excluding carboxylic acids is 2. The van der Waals surface area contributed by atoms with Crippen LogP contribution in [0.5, 0.6) is 0 Å². The SMILES string of the molecule is COC(=O)c1cc(CNC(=O)c2cc(N)ccc2C)oc1C. The summed E-state index contributed by atoms with van der Waals surface area (Å²) in [5.41, 5.74) is 7.92. The molecule has 0 spiro atoms. The lowest BCUT2D eigenvalue weighted by atomic mass is 10.1. The Morgan fingerprint density at radius 3 is 2.64 bits per heavy atom. The minimum absolute atomic E-state index is 0.172. The minimum atomic E-state index is -0.467. The molecule has 0 unspecified atom stereocenters. The molecule has 0 atom stereocenters. The van der Waals surface area contributed by atoms with Crippen molar-refractivity contribution in [2.45, 2.75) is 20.4 Å². The number of aryl methyl sites for hydroxylation is 2. The third-order valence-corrected chi connectivity index (χ3v) is 3.30. The van der Waals surface area contributed by atoms with Gasteiger partial charge < -0.3 is 20.2 Å². The Kier molecular flexibility index (Phi) is 4.50. The van der Waals surface area contributed by atoms with Crippen LogP contribution in [0.25, 0.3) is 0 Å². The van der Waals surface area contributed by atoms with E-state index >= 15 is 0 Å². The summed E-state index contributed by atoms with van der Waals surface area (Å²) in [5.74, 6) is 0.216. The van der Waals surface area contributed by atoms with E-state index in [1.807, 2.05) is 6.92 Å². The van der Waals surface area contributed by atoms with Gasteiger partial charge in [0.25, 0.3) is 5.91 Å². The van der Waals surface area contributed by atoms with Crippen LogP contribution in [0, 0.1) is 13.8 Å². The lowest BCUT2D eigenvalue weighted by molar-refractivity contribution is 0.0598. The molecule has 1 aromatic carbocycles. The van der Waals surface area contributed by atoms with Gasteiger partial charge in [-0.3, -0.25) is 4.79 Å². The summed E-state index contributed by atoms with van der Waals surface area (Å²) in [4.78, 5) is 23.7. The molecule has 0 fully saturated rings. The number of nitrogen functional groups attached to an aromatic ring is 1. The maximum Gasteiger partial charge on any atom is 0.341 e. The molecule has 3 N–H and O–H groups in total. The van der Waals surface area contributed by atoms with Crippen molar-refractivity contribution in [1.82, 2.24) is 5.32 Å². The molecule has 116 valence electrons. The number of esters is 1. The zero-order valence-electron chi connectivity index (χ0n) is 12.7. The van der Waals surface area contributed by atoms with Crippen LogP contribution in [0.15, 0.2) is 28.7 Å². The van der Waals surface area contributed by atoms with Crippen molar-refractivity contribution < 1.29 is 18.7 Å². The van der Waals surface area contributed by atoms with Crippen LogP contribution in [-0.4, -0.2) is 19.0 Å². The molecule has 22 heavy (non-hydrogen) atoms. The smallest absolute Gasteiger partial charge is 0.341 e. The van der Waals surface area contributed by atoms with Crippen molar-refractivity contribution in [3.05, 3.63) is 52.5 Å².